The molecule has 2 fully saturated rings. The zero-order valence-electron chi connectivity index (χ0n) is 19.4. The van der Waals surface area contributed by atoms with Crippen LogP contribution in [0.4, 0.5) is 0 Å². The number of pyridine rings is 1. The molecule has 2 aromatic rings. The molecule has 4 heterocycles. The number of carbonyl (C=O) groups is 3. The van der Waals surface area contributed by atoms with Gasteiger partial charge in [0.15, 0.2) is 0 Å². The van der Waals surface area contributed by atoms with E-state index < -0.39 is 11.9 Å². The lowest BCUT2D eigenvalue weighted by Crippen LogP contribution is -2.52. The van der Waals surface area contributed by atoms with Crippen molar-refractivity contribution in [2.45, 2.75) is 57.3 Å². The van der Waals surface area contributed by atoms with Crippen LogP contribution in [0.15, 0.2) is 36.5 Å². The molecule has 9 nitrogen and oxygen atoms in total. The van der Waals surface area contributed by atoms with Crippen molar-refractivity contribution in [2.75, 3.05) is 13.2 Å². The summed E-state index contributed by atoms with van der Waals surface area (Å²) in [4.78, 5) is 44.6. The average Bonchev–Trinajstić information content (AvgIpc) is 3.19. The molecule has 3 aliphatic rings. The average molecular weight is 474 g/mol. The number of aromatic nitrogens is 1. The minimum absolute atomic E-state index is 0.186. The minimum Gasteiger partial charge on any atom is -0.492 e. The number of carbonyl (C=O) groups excluding carboxylic acids is 3. The Kier molecular flexibility index (Phi) is 6.47. The topological polar surface area (TPSA) is 116 Å². The Morgan fingerprint density at radius 3 is 2.86 bits per heavy atom. The minimum atomic E-state index is -0.623. The molecule has 0 saturated carbocycles. The van der Waals surface area contributed by atoms with Crippen molar-refractivity contribution in [3.05, 3.63) is 58.9 Å². The van der Waals surface area contributed by atoms with Crippen molar-refractivity contribution in [1.29, 1.82) is 5.26 Å². The van der Waals surface area contributed by atoms with Gasteiger partial charge in [-0.05, 0) is 67.3 Å². The zero-order valence-corrected chi connectivity index (χ0v) is 19.4. The zero-order chi connectivity index (χ0) is 24.4. The second-order valence-corrected chi connectivity index (χ2v) is 9.31. The van der Waals surface area contributed by atoms with Crippen molar-refractivity contribution >= 4 is 17.7 Å². The van der Waals surface area contributed by atoms with Gasteiger partial charge < -0.3 is 9.64 Å². The van der Waals surface area contributed by atoms with Gasteiger partial charge in [0, 0.05) is 37.3 Å². The molecule has 0 radical (unpaired) electrons. The van der Waals surface area contributed by atoms with Gasteiger partial charge in [-0.3, -0.25) is 24.6 Å². The lowest BCUT2D eigenvalue weighted by Gasteiger charge is -2.35. The number of nitrogens with one attached hydrogen (secondary N) is 1. The molecule has 2 saturated heterocycles. The van der Waals surface area contributed by atoms with E-state index in [4.69, 9.17) is 10.00 Å². The predicted octanol–water partition coefficient (Wildman–Crippen LogP) is 2.15. The summed E-state index contributed by atoms with van der Waals surface area (Å²) < 4.78 is 6.17. The highest BCUT2D eigenvalue weighted by Crippen LogP contribution is 2.30. The highest BCUT2D eigenvalue weighted by atomic mass is 16.5. The third kappa shape index (κ3) is 4.88. The molecule has 1 unspecified atom stereocenters. The first-order valence-corrected chi connectivity index (χ1v) is 12.0. The molecule has 3 amide bonds. The van der Waals surface area contributed by atoms with Crippen LogP contribution in [-0.4, -0.2) is 57.7 Å². The molecular formula is C26H27N5O4. The van der Waals surface area contributed by atoms with Gasteiger partial charge in [-0.15, -0.1) is 0 Å². The molecule has 35 heavy (non-hydrogen) atoms. The number of nitriles is 1. The van der Waals surface area contributed by atoms with Crippen molar-refractivity contribution in [3.8, 4) is 11.8 Å². The Morgan fingerprint density at radius 1 is 1.14 bits per heavy atom. The summed E-state index contributed by atoms with van der Waals surface area (Å²) in [6.45, 7) is 2.57. The molecule has 5 rings (SSSR count). The molecule has 0 bridgehead atoms. The van der Waals surface area contributed by atoms with Crippen LogP contribution in [-0.2, 0) is 22.7 Å². The van der Waals surface area contributed by atoms with E-state index in [0.717, 1.165) is 43.5 Å². The Labute approximate surface area is 203 Å². The van der Waals surface area contributed by atoms with Gasteiger partial charge in [0.25, 0.3) is 5.91 Å². The van der Waals surface area contributed by atoms with Crippen LogP contribution >= 0.6 is 0 Å². The molecule has 0 aliphatic carbocycles. The monoisotopic (exact) mass is 473 g/mol. The first kappa shape index (κ1) is 23.0. The summed E-state index contributed by atoms with van der Waals surface area (Å²) in [7, 11) is 0. The number of hydrogen-bond acceptors (Lipinski definition) is 7. The third-order valence-electron chi connectivity index (χ3n) is 7.01. The Balaban J connectivity index is 1.23. The van der Waals surface area contributed by atoms with Crippen molar-refractivity contribution < 1.29 is 19.1 Å². The molecule has 1 aromatic heterocycles. The van der Waals surface area contributed by atoms with E-state index in [9.17, 15) is 14.4 Å². The summed E-state index contributed by atoms with van der Waals surface area (Å²) >= 11 is 0. The third-order valence-corrected chi connectivity index (χ3v) is 7.01. The molecule has 1 N–H and O–H groups in total. The van der Waals surface area contributed by atoms with Crippen molar-refractivity contribution in [3.63, 3.8) is 0 Å². The highest BCUT2D eigenvalue weighted by Gasteiger charge is 2.39. The predicted molar refractivity (Wildman–Crippen MR) is 125 cm³/mol. The number of piperidine rings is 2. The summed E-state index contributed by atoms with van der Waals surface area (Å²) in [5, 5.41) is 11.5. The van der Waals surface area contributed by atoms with Gasteiger partial charge in [0.1, 0.15) is 30.2 Å². The molecule has 2 atom stereocenters. The summed E-state index contributed by atoms with van der Waals surface area (Å²) in [5.74, 6) is -0.193. The van der Waals surface area contributed by atoms with Crippen molar-refractivity contribution in [1.82, 2.24) is 20.1 Å². The van der Waals surface area contributed by atoms with Gasteiger partial charge in [-0.2, -0.15) is 5.26 Å². The van der Waals surface area contributed by atoms with E-state index in [2.05, 4.69) is 21.3 Å². The molecular weight excluding hydrogens is 446 g/mol. The van der Waals surface area contributed by atoms with E-state index in [0.29, 0.717) is 36.6 Å². The van der Waals surface area contributed by atoms with Gasteiger partial charge in [0.2, 0.25) is 11.8 Å². The van der Waals surface area contributed by atoms with Crippen LogP contribution in [0, 0.1) is 11.3 Å². The number of nitrogens with zero attached hydrogens (tertiary/aromatic N) is 4. The lowest BCUT2D eigenvalue weighted by molar-refractivity contribution is -0.136. The van der Waals surface area contributed by atoms with Gasteiger partial charge in [-0.25, -0.2) is 4.98 Å². The number of likely N-dealkylation sites (tertiary alicyclic amines) is 1. The van der Waals surface area contributed by atoms with E-state index >= 15 is 0 Å². The number of hydrogen-bond donors (Lipinski definition) is 1. The van der Waals surface area contributed by atoms with Crippen LogP contribution in [0.25, 0.3) is 0 Å². The van der Waals surface area contributed by atoms with E-state index in [-0.39, 0.29) is 24.3 Å². The molecule has 180 valence electrons. The number of amides is 3. The van der Waals surface area contributed by atoms with Crippen LogP contribution in [0.3, 0.4) is 0 Å². The second-order valence-electron chi connectivity index (χ2n) is 9.31. The highest BCUT2D eigenvalue weighted by molar-refractivity contribution is 6.05. The molecule has 1 aromatic carbocycles. The Bertz CT molecular complexity index is 1210. The maximum Gasteiger partial charge on any atom is 0.255 e. The smallest absolute Gasteiger partial charge is 0.255 e. The number of fused-ring (bicyclic) bond motifs is 1. The molecule has 3 aliphatic heterocycles. The molecule has 0 spiro atoms. The first-order chi connectivity index (χ1) is 17.0. The van der Waals surface area contributed by atoms with Gasteiger partial charge in [0.05, 0.1) is 0 Å². The standard InChI is InChI=1S/C26H27N5O4/c27-13-19-11-17(8-9-28-19)14-30-10-2-1-3-20(30)16-35-21-4-5-22-18(12-21)15-31(26(22)34)23-6-7-24(32)29-25(23)33/h4-5,8-9,11-12,20,23H,1-3,6-7,10,14-16H2,(H,29,32,33)/t20-,23?/m1/s1. The summed E-state index contributed by atoms with van der Waals surface area (Å²) in [5.41, 5.74) is 2.89. The number of imide groups is 1. The summed E-state index contributed by atoms with van der Waals surface area (Å²) in [6, 6.07) is 10.9. The van der Waals surface area contributed by atoms with Gasteiger partial charge in [-0.1, -0.05) is 6.42 Å². The number of benzene rings is 1. The largest absolute Gasteiger partial charge is 0.492 e. The van der Waals surface area contributed by atoms with Crippen LogP contribution < -0.4 is 10.1 Å². The van der Waals surface area contributed by atoms with E-state index in [1.807, 2.05) is 18.2 Å². The van der Waals surface area contributed by atoms with E-state index in [1.54, 1.807) is 23.2 Å². The fourth-order valence-corrected chi connectivity index (χ4v) is 5.16. The lowest BCUT2D eigenvalue weighted by atomic mass is 10.0. The number of rotatable bonds is 6. The van der Waals surface area contributed by atoms with E-state index in [1.165, 1.54) is 0 Å². The Hall–Kier alpha value is -3.77. The normalized spacial score (nSPS) is 22.5. The molecule has 9 heteroatoms. The fraction of sp³-hybridized carbons (Fsp3) is 0.423. The Morgan fingerprint density at radius 2 is 2.03 bits per heavy atom. The van der Waals surface area contributed by atoms with Crippen molar-refractivity contribution in [2.24, 2.45) is 0 Å². The second kappa shape index (κ2) is 9.84. The quantitative estimate of drug-likeness (QED) is 0.639. The van der Waals surface area contributed by atoms with Gasteiger partial charge >= 0.3 is 0 Å². The fourth-order valence-electron chi connectivity index (χ4n) is 5.16. The van der Waals surface area contributed by atoms with Crippen LogP contribution in [0.2, 0.25) is 0 Å². The maximum absolute atomic E-state index is 12.9. The number of ether oxygens (including phenoxy) is 1. The maximum atomic E-state index is 12.9. The SMILES string of the molecule is N#Cc1cc(CN2CCCC[C@@H]2COc2ccc3c(c2)CN(C2CCC(=O)NC2=O)C3=O)ccn1. The van der Waals surface area contributed by atoms with Crippen LogP contribution in [0.5, 0.6) is 5.75 Å². The summed E-state index contributed by atoms with van der Waals surface area (Å²) in [6.07, 6.45) is 5.56. The van der Waals surface area contributed by atoms with Crippen LogP contribution in [0.1, 0.15) is 59.3 Å². The first-order valence-electron chi connectivity index (χ1n) is 12.0.